The summed E-state index contributed by atoms with van der Waals surface area (Å²) in [6, 6.07) is 16.0. The van der Waals surface area contributed by atoms with Gasteiger partial charge in [0.1, 0.15) is 5.82 Å². The first-order valence-corrected chi connectivity index (χ1v) is 12.6. The molecule has 1 atom stereocenters. The van der Waals surface area contributed by atoms with Crippen molar-refractivity contribution in [2.75, 3.05) is 26.2 Å². The smallest absolute Gasteiger partial charge is 0.317 e. The van der Waals surface area contributed by atoms with Gasteiger partial charge in [-0.1, -0.05) is 64.1 Å². The van der Waals surface area contributed by atoms with Crippen molar-refractivity contribution >= 4 is 16.9 Å². The van der Waals surface area contributed by atoms with Crippen molar-refractivity contribution in [2.45, 2.75) is 46.7 Å². The van der Waals surface area contributed by atoms with Crippen LogP contribution < -0.4 is 10.9 Å². The molecule has 4 rings (SSSR count). The summed E-state index contributed by atoms with van der Waals surface area (Å²) in [5.41, 5.74) is 3.07. The quantitative estimate of drug-likeness (QED) is 0.532. The molecule has 1 aliphatic heterocycles. The van der Waals surface area contributed by atoms with Crippen molar-refractivity contribution in [3.05, 3.63) is 75.8 Å². The normalized spacial score (nSPS) is 15.7. The van der Waals surface area contributed by atoms with E-state index in [2.05, 4.69) is 72.1 Å². The monoisotopic (exact) mass is 475 g/mol. The van der Waals surface area contributed by atoms with Crippen molar-refractivity contribution in [2.24, 2.45) is 11.8 Å². The second-order valence-electron chi connectivity index (χ2n) is 10.3. The molecule has 7 nitrogen and oxygen atoms in total. The van der Waals surface area contributed by atoms with Crippen LogP contribution in [-0.2, 0) is 13.0 Å². The van der Waals surface area contributed by atoms with E-state index < -0.39 is 0 Å². The summed E-state index contributed by atoms with van der Waals surface area (Å²) in [7, 11) is 0. The predicted octanol–water partition coefficient (Wildman–Crippen LogP) is 4.35. The summed E-state index contributed by atoms with van der Waals surface area (Å²) in [5, 5.41) is 3.87. The Morgan fingerprint density at radius 2 is 1.69 bits per heavy atom. The number of nitrogens with zero attached hydrogens (tertiary/aromatic N) is 3. The van der Waals surface area contributed by atoms with Gasteiger partial charge >= 0.3 is 6.03 Å². The number of rotatable bonds is 7. The van der Waals surface area contributed by atoms with E-state index in [1.54, 1.807) is 6.07 Å². The van der Waals surface area contributed by atoms with Gasteiger partial charge in [0.2, 0.25) is 0 Å². The Balaban J connectivity index is 1.33. The second-order valence-corrected chi connectivity index (χ2v) is 10.3. The van der Waals surface area contributed by atoms with Gasteiger partial charge in [0, 0.05) is 26.2 Å². The lowest BCUT2D eigenvalue weighted by molar-refractivity contribution is 0.130. The second kappa shape index (κ2) is 11.0. The number of benzene rings is 2. The minimum Gasteiger partial charge on any atom is -0.331 e. The Morgan fingerprint density at radius 3 is 2.34 bits per heavy atom. The summed E-state index contributed by atoms with van der Waals surface area (Å²) >= 11 is 0. The highest BCUT2D eigenvalue weighted by molar-refractivity contribution is 5.77. The summed E-state index contributed by atoms with van der Waals surface area (Å²) in [4.78, 5) is 37.1. The number of hydrogen-bond donors (Lipinski definition) is 2. The fraction of sp³-hybridized carbons (Fsp3) is 0.464. The number of piperazine rings is 1. The molecule has 35 heavy (non-hydrogen) atoms. The van der Waals surface area contributed by atoms with E-state index >= 15 is 0 Å². The SMILES string of the molecule is CC(C)Cc1ccc(C(NC(=O)N2CCN(Cc3nc4ccccc4c(=O)[nH]3)CC2)C(C)C)cc1. The van der Waals surface area contributed by atoms with Gasteiger partial charge in [-0.05, 0) is 41.5 Å². The molecule has 0 radical (unpaired) electrons. The highest BCUT2D eigenvalue weighted by Crippen LogP contribution is 2.23. The Morgan fingerprint density at radius 1 is 1.00 bits per heavy atom. The van der Waals surface area contributed by atoms with Gasteiger partial charge in [-0.2, -0.15) is 0 Å². The van der Waals surface area contributed by atoms with Crippen LogP contribution in [0.15, 0.2) is 53.3 Å². The third-order valence-corrected chi connectivity index (χ3v) is 6.62. The first-order chi connectivity index (χ1) is 16.8. The fourth-order valence-corrected chi connectivity index (χ4v) is 4.72. The van der Waals surface area contributed by atoms with Crippen LogP contribution in [0.25, 0.3) is 10.9 Å². The molecule has 0 spiro atoms. The van der Waals surface area contributed by atoms with E-state index in [-0.39, 0.29) is 23.6 Å². The van der Waals surface area contributed by atoms with E-state index in [1.165, 1.54) is 5.56 Å². The molecule has 1 saturated heterocycles. The molecule has 186 valence electrons. The number of para-hydroxylation sites is 1. The lowest BCUT2D eigenvalue weighted by atomic mass is 9.94. The predicted molar refractivity (Wildman–Crippen MR) is 140 cm³/mol. The standard InChI is InChI=1S/C28H37N5O2/c1-19(2)17-21-9-11-22(12-10-21)26(20(3)4)31-28(35)33-15-13-32(14-16-33)18-25-29-24-8-6-5-7-23(24)27(34)30-25/h5-12,19-20,26H,13-18H2,1-4H3,(H,31,35)(H,29,30,34). The first kappa shape index (κ1) is 24.9. The molecule has 0 aliphatic carbocycles. The van der Waals surface area contributed by atoms with Gasteiger partial charge in [0.05, 0.1) is 23.5 Å². The summed E-state index contributed by atoms with van der Waals surface area (Å²) in [6.45, 7) is 12.0. The maximum absolute atomic E-state index is 13.1. The molecule has 0 saturated carbocycles. The maximum Gasteiger partial charge on any atom is 0.317 e. The molecule has 1 aromatic heterocycles. The van der Waals surface area contributed by atoms with Crippen molar-refractivity contribution in [3.8, 4) is 0 Å². The van der Waals surface area contributed by atoms with E-state index in [9.17, 15) is 9.59 Å². The lowest BCUT2D eigenvalue weighted by Crippen LogP contribution is -2.52. The number of urea groups is 1. The van der Waals surface area contributed by atoms with Crippen LogP contribution in [0.3, 0.4) is 0 Å². The molecule has 0 bridgehead atoms. The van der Waals surface area contributed by atoms with Crippen molar-refractivity contribution in [3.63, 3.8) is 0 Å². The van der Waals surface area contributed by atoms with E-state index in [0.29, 0.717) is 42.3 Å². The van der Waals surface area contributed by atoms with E-state index in [0.717, 1.165) is 25.1 Å². The number of aromatic nitrogens is 2. The lowest BCUT2D eigenvalue weighted by Gasteiger charge is -2.36. The summed E-state index contributed by atoms with van der Waals surface area (Å²) < 4.78 is 0. The van der Waals surface area contributed by atoms with Crippen molar-refractivity contribution < 1.29 is 4.79 Å². The molecule has 1 aliphatic rings. The molecular weight excluding hydrogens is 438 g/mol. The molecule has 2 N–H and O–H groups in total. The molecule has 2 heterocycles. The van der Waals surface area contributed by atoms with Crippen molar-refractivity contribution in [1.82, 2.24) is 25.1 Å². The average molecular weight is 476 g/mol. The number of aromatic amines is 1. The van der Waals surface area contributed by atoms with Gasteiger partial charge < -0.3 is 15.2 Å². The number of carbonyl (C=O) groups excluding carboxylic acids is 1. The number of H-pyrrole nitrogens is 1. The van der Waals surface area contributed by atoms with Gasteiger partial charge in [0.25, 0.3) is 5.56 Å². The van der Waals surface area contributed by atoms with Crippen LogP contribution in [0.4, 0.5) is 4.79 Å². The van der Waals surface area contributed by atoms with Gasteiger partial charge in [-0.15, -0.1) is 0 Å². The Bertz CT molecular complexity index is 1190. The molecule has 2 amide bonds. The number of amides is 2. The Labute approximate surface area is 207 Å². The van der Waals surface area contributed by atoms with Crippen molar-refractivity contribution in [1.29, 1.82) is 0 Å². The van der Waals surface area contributed by atoms with Gasteiger partial charge in [-0.25, -0.2) is 9.78 Å². The van der Waals surface area contributed by atoms with Crippen LogP contribution in [0.5, 0.6) is 0 Å². The number of hydrogen-bond acceptors (Lipinski definition) is 4. The fourth-order valence-electron chi connectivity index (χ4n) is 4.72. The van der Waals surface area contributed by atoms with Crippen LogP contribution in [0, 0.1) is 11.8 Å². The zero-order valence-electron chi connectivity index (χ0n) is 21.3. The molecule has 3 aromatic rings. The van der Waals surface area contributed by atoms with Gasteiger partial charge in [-0.3, -0.25) is 9.69 Å². The summed E-state index contributed by atoms with van der Waals surface area (Å²) in [6.07, 6.45) is 1.06. The number of nitrogens with one attached hydrogen (secondary N) is 2. The van der Waals surface area contributed by atoms with E-state index in [4.69, 9.17) is 0 Å². The number of carbonyl (C=O) groups is 1. The number of fused-ring (bicyclic) bond motifs is 1. The van der Waals surface area contributed by atoms with Crippen LogP contribution >= 0.6 is 0 Å². The zero-order valence-corrected chi connectivity index (χ0v) is 21.3. The van der Waals surface area contributed by atoms with Crippen LogP contribution in [-0.4, -0.2) is 52.0 Å². The molecule has 2 aromatic carbocycles. The van der Waals surface area contributed by atoms with Crippen LogP contribution in [0.2, 0.25) is 0 Å². The summed E-state index contributed by atoms with van der Waals surface area (Å²) in [5.74, 6) is 1.57. The largest absolute Gasteiger partial charge is 0.331 e. The van der Waals surface area contributed by atoms with Crippen LogP contribution in [0.1, 0.15) is 50.7 Å². The minimum absolute atomic E-state index is 0.0214. The molecule has 1 fully saturated rings. The first-order valence-electron chi connectivity index (χ1n) is 12.6. The Kier molecular flexibility index (Phi) is 7.86. The third kappa shape index (κ3) is 6.28. The topological polar surface area (TPSA) is 81.3 Å². The molecule has 7 heteroatoms. The highest BCUT2D eigenvalue weighted by atomic mass is 16.2. The zero-order chi connectivity index (χ0) is 24.9. The third-order valence-electron chi connectivity index (χ3n) is 6.62. The van der Waals surface area contributed by atoms with Gasteiger partial charge in [0.15, 0.2) is 0 Å². The maximum atomic E-state index is 13.1. The average Bonchev–Trinajstić information content (AvgIpc) is 2.83. The minimum atomic E-state index is -0.111. The molecular formula is C28H37N5O2. The van der Waals surface area contributed by atoms with E-state index in [1.807, 2.05) is 23.1 Å². The Hall–Kier alpha value is -3.19. The highest BCUT2D eigenvalue weighted by Gasteiger charge is 2.25. The molecule has 1 unspecified atom stereocenters.